The van der Waals surface area contributed by atoms with Gasteiger partial charge in [-0.25, -0.2) is 13.1 Å². The number of nitro groups is 1. The smallest absolute Gasteiger partial charge is 0.293 e. The number of hydrogen-bond donors (Lipinski definition) is 3. The number of sulfonamides is 1. The molecule has 3 heterocycles. The molecule has 2 aliphatic rings. The monoisotopic (exact) mass is 848 g/mol. The van der Waals surface area contributed by atoms with Gasteiger partial charge in [-0.15, -0.1) is 0 Å². The van der Waals surface area contributed by atoms with Crippen LogP contribution in [0.25, 0.3) is 22.0 Å². The van der Waals surface area contributed by atoms with E-state index in [9.17, 15) is 23.3 Å². The summed E-state index contributed by atoms with van der Waals surface area (Å²) in [5.74, 6) is -0.0449. The number of nitrogens with zero attached hydrogens (tertiary/aromatic N) is 3. The number of amides is 1. The van der Waals surface area contributed by atoms with Crippen LogP contribution in [0.4, 0.5) is 17.1 Å². The molecule has 0 bridgehead atoms. The zero-order chi connectivity index (χ0) is 41.8. The fraction of sp³-hybridized carbons (Fsp3) is 0.267. The highest BCUT2D eigenvalue weighted by molar-refractivity contribution is 7.90. The second-order valence-corrected chi connectivity index (χ2v) is 17.2. The van der Waals surface area contributed by atoms with Crippen molar-refractivity contribution in [2.24, 2.45) is 5.92 Å². The van der Waals surface area contributed by atoms with E-state index in [-0.39, 0.29) is 29.0 Å². The average Bonchev–Trinajstić information content (AvgIpc) is 3.76. The normalized spacial score (nSPS) is 15.7. The summed E-state index contributed by atoms with van der Waals surface area (Å²) < 4.78 is 41.3. The molecule has 0 unspecified atom stereocenters. The molecule has 60 heavy (non-hydrogen) atoms. The lowest BCUT2D eigenvalue weighted by Crippen LogP contribution is -2.47. The van der Waals surface area contributed by atoms with Gasteiger partial charge in [0.1, 0.15) is 17.2 Å². The van der Waals surface area contributed by atoms with Gasteiger partial charge in [0.25, 0.3) is 21.6 Å². The van der Waals surface area contributed by atoms with E-state index in [0.717, 1.165) is 59.7 Å². The zero-order valence-corrected chi connectivity index (χ0v) is 34.5. The van der Waals surface area contributed by atoms with Crippen LogP contribution in [0.15, 0.2) is 120 Å². The molecule has 8 rings (SSSR count). The predicted octanol–water partition coefficient (Wildman–Crippen LogP) is 9.03. The molecule has 3 N–H and O–H groups in total. The number of halogens is 1. The van der Waals surface area contributed by atoms with E-state index < -0.39 is 31.4 Å². The molecule has 1 aromatic heterocycles. The maximum atomic E-state index is 13.9. The van der Waals surface area contributed by atoms with Crippen molar-refractivity contribution in [3.05, 3.63) is 142 Å². The van der Waals surface area contributed by atoms with Crippen LogP contribution in [0.1, 0.15) is 41.7 Å². The average molecular weight is 849 g/mol. The fourth-order valence-corrected chi connectivity index (χ4v) is 9.09. The van der Waals surface area contributed by atoms with Gasteiger partial charge in [0.05, 0.1) is 15.4 Å². The van der Waals surface area contributed by atoms with Crippen LogP contribution in [0.5, 0.6) is 11.5 Å². The maximum Gasteiger partial charge on any atom is 0.293 e. The van der Waals surface area contributed by atoms with Crippen molar-refractivity contribution >= 4 is 55.5 Å². The number of nitro benzene ring substituents is 1. The number of aromatic amines is 1. The summed E-state index contributed by atoms with van der Waals surface area (Å²) in [6.45, 7) is 6.88. The van der Waals surface area contributed by atoms with Gasteiger partial charge >= 0.3 is 0 Å². The first kappa shape index (κ1) is 40.8. The number of fused-ring (bicyclic) bond motifs is 1. The maximum absolute atomic E-state index is 13.9. The lowest BCUT2D eigenvalue weighted by molar-refractivity contribution is -0.384. The molecule has 0 radical (unpaired) electrons. The van der Waals surface area contributed by atoms with Crippen molar-refractivity contribution in [3.8, 4) is 22.6 Å². The lowest BCUT2D eigenvalue weighted by atomic mass is 9.94. The molecule has 310 valence electrons. The minimum Gasteiger partial charge on any atom is -0.456 e. The highest BCUT2D eigenvalue weighted by Gasteiger charge is 2.28. The van der Waals surface area contributed by atoms with Gasteiger partial charge in [-0.3, -0.25) is 19.8 Å². The van der Waals surface area contributed by atoms with Gasteiger partial charge in [-0.05, 0) is 97.0 Å². The van der Waals surface area contributed by atoms with Gasteiger partial charge in [0, 0.05) is 91.9 Å². The van der Waals surface area contributed by atoms with Crippen molar-refractivity contribution in [1.82, 2.24) is 14.6 Å². The number of piperazine rings is 1. The summed E-state index contributed by atoms with van der Waals surface area (Å²) in [6, 6.07) is 32.5. The van der Waals surface area contributed by atoms with Crippen LogP contribution >= 0.6 is 11.6 Å². The first-order valence-corrected chi connectivity index (χ1v) is 21.8. The highest BCUT2D eigenvalue weighted by Crippen LogP contribution is 2.37. The van der Waals surface area contributed by atoms with Crippen LogP contribution in [0.2, 0.25) is 5.02 Å². The molecule has 1 atom stereocenters. The number of ether oxygens (including phenoxy) is 2. The summed E-state index contributed by atoms with van der Waals surface area (Å²) in [6.07, 6.45) is 3.43. The number of hydrogen-bond acceptors (Lipinski definition) is 10. The van der Waals surface area contributed by atoms with Crippen molar-refractivity contribution in [3.63, 3.8) is 0 Å². The van der Waals surface area contributed by atoms with E-state index in [4.69, 9.17) is 21.1 Å². The Kier molecular flexibility index (Phi) is 12.1. The molecule has 2 aliphatic heterocycles. The molecule has 0 saturated carbocycles. The van der Waals surface area contributed by atoms with Gasteiger partial charge in [0.15, 0.2) is 0 Å². The highest BCUT2D eigenvalue weighted by atomic mass is 35.5. The Balaban J connectivity index is 1.02. The van der Waals surface area contributed by atoms with Crippen molar-refractivity contribution in [2.75, 3.05) is 56.2 Å². The molecule has 5 aromatic carbocycles. The van der Waals surface area contributed by atoms with Crippen molar-refractivity contribution in [2.45, 2.75) is 30.7 Å². The summed E-state index contributed by atoms with van der Waals surface area (Å²) in [5.41, 5.74) is 4.88. The number of carbonyl (C=O) groups is 1. The Hall–Kier alpha value is -5.93. The third kappa shape index (κ3) is 8.97. The molecule has 0 aliphatic carbocycles. The molecular formula is C45H45ClN6O7S. The van der Waals surface area contributed by atoms with Gasteiger partial charge in [-0.2, -0.15) is 0 Å². The molecule has 13 nitrogen and oxygen atoms in total. The van der Waals surface area contributed by atoms with Crippen LogP contribution in [0, 0.1) is 16.0 Å². The molecule has 1 amide bonds. The molecule has 2 fully saturated rings. The Morgan fingerprint density at radius 1 is 0.933 bits per heavy atom. The second kappa shape index (κ2) is 17.7. The van der Waals surface area contributed by atoms with E-state index in [2.05, 4.69) is 49.9 Å². The molecule has 6 aromatic rings. The second-order valence-electron chi connectivity index (χ2n) is 15.1. The Labute approximate surface area is 353 Å². The number of benzene rings is 5. The summed E-state index contributed by atoms with van der Waals surface area (Å²) in [7, 11) is -4.55. The number of carbonyl (C=O) groups excluding carboxylic acids is 1. The number of rotatable bonds is 13. The third-order valence-electron chi connectivity index (χ3n) is 11.4. The van der Waals surface area contributed by atoms with Crippen molar-refractivity contribution < 1.29 is 27.6 Å². The lowest BCUT2D eigenvalue weighted by Gasteiger charge is -2.40. The minimum atomic E-state index is -4.55. The summed E-state index contributed by atoms with van der Waals surface area (Å²) in [5, 5.41) is 16.6. The molecule has 0 spiro atoms. The van der Waals surface area contributed by atoms with E-state index in [0.29, 0.717) is 43.6 Å². The van der Waals surface area contributed by atoms with Crippen LogP contribution in [-0.4, -0.2) is 75.1 Å². The van der Waals surface area contributed by atoms with Crippen LogP contribution < -0.4 is 19.7 Å². The Bertz CT molecular complexity index is 2620. The molecule has 2 saturated heterocycles. The van der Waals surface area contributed by atoms with E-state index in [1.165, 1.54) is 17.7 Å². The van der Waals surface area contributed by atoms with Crippen LogP contribution in [0.3, 0.4) is 0 Å². The van der Waals surface area contributed by atoms with Gasteiger partial charge in [-0.1, -0.05) is 54.1 Å². The van der Waals surface area contributed by atoms with Crippen LogP contribution in [-0.2, 0) is 14.8 Å². The summed E-state index contributed by atoms with van der Waals surface area (Å²) in [4.78, 5) is 32.8. The van der Waals surface area contributed by atoms with E-state index >= 15 is 0 Å². The molecular weight excluding hydrogens is 804 g/mol. The zero-order valence-electron chi connectivity index (χ0n) is 33.0. The molecule has 15 heteroatoms. The number of nitrogens with one attached hydrogen (secondary N) is 3. The van der Waals surface area contributed by atoms with E-state index in [1.807, 2.05) is 48.5 Å². The Morgan fingerprint density at radius 2 is 1.70 bits per heavy atom. The summed E-state index contributed by atoms with van der Waals surface area (Å²) >= 11 is 6.18. The number of anilines is 2. The topological polar surface area (TPSA) is 159 Å². The largest absolute Gasteiger partial charge is 0.456 e. The number of H-pyrrole nitrogens is 1. The quantitative estimate of drug-likeness (QED) is 0.0756. The van der Waals surface area contributed by atoms with Crippen molar-refractivity contribution in [1.29, 1.82) is 0 Å². The SMILES string of the molecule is C[C@H](c1ccccc1-c1ccc(Cl)cc1)N1CCN(c2ccc(C(=O)NS(=O)(=O)c3ccc(NCC4CCOCC4)c([N+](=O)[O-])c3)c(Oc3cccc4[nH]ccc34)c2)CC1. The van der Waals surface area contributed by atoms with Gasteiger partial charge < -0.3 is 24.7 Å². The predicted molar refractivity (Wildman–Crippen MR) is 234 cm³/mol. The standard InChI is InChI=1S/C45H45ClN6O7S/c1-30(36-5-2-3-6-37(36)32-9-11-33(46)12-10-32)50-21-23-51(24-22-50)34-13-15-39(44(27-34)59-43-8-4-7-40-38(43)17-20-47-40)45(53)49-60(56,57)35-14-16-41(42(28-35)52(54)55)48-29-31-18-25-58-26-19-31/h2-17,20,27-28,30-31,47-48H,18-19,21-26,29H2,1H3,(H,49,53)/t30-/m1/s1. The first-order valence-electron chi connectivity index (χ1n) is 19.9. The van der Waals surface area contributed by atoms with E-state index in [1.54, 1.807) is 30.5 Å². The third-order valence-corrected chi connectivity index (χ3v) is 13.0. The van der Waals surface area contributed by atoms with Gasteiger partial charge in [0.2, 0.25) is 0 Å². The number of aromatic nitrogens is 1. The fourth-order valence-electron chi connectivity index (χ4n) is 7.98. The first-order chi connectivity index (χ1) is 29.0. The Morgan fingerprint density at radius 3 is 2.47 bits per heavy atom. The minimum absolute atomic E-state index is 0.0230.